The number of fused-ring (bicyclic) bond motifs is 5. The molecular weight excluding hydrogens is 603 g/mol. The van der Waals surface area contributed by atoms with Crippen LogP contribution in [0.5, 0.6) is 11.5 Å². The largest absolute Gasteiger partial charge is 0.456 e. The maximum atomic E-state index is 6.59. The first-order chi connectivity index (χ1) is 23.1. The molecule has 49 heavy (non-hydrogen) atoms. The number of nitrogens with zero attached hydrogens (tertiary/aromatic N) is 5. The van der Waals surface area contributed by atoms with E-state index in [0.717, 1.165) is 33.8 Å². The summed E-state index contributed by atoms with van der Waals surface area (Å²) in [6, 6.07) is 26.1. The van der Waals surface area contributed by atoms with Crippen LogP contribution in [-0.2, 0) is 23.3 Å². The Morgan fingerprint density at radius 2 is 1.43 bits per heavy atom. The molecule has 6 nitrogen and oxygen atoms in total. The molecule has 0 fully saturated rings. The van der Waals surface area contributed by atoms with Crippen molar-refractivity contribution >= 4 is 32.8 Å². The van der Waals surface area contributed by atoms with Gasteiger partial charge in [-0.1, -0.05) is 74.4 Å². The molecule has 6 heteroatoms. The molecule has 248 valence electrons. The molecular formula is C43H46N5O+. The molecule has 0 bridgehead atoms. The number of imidazole rings is 1. The van der Waals surface area contributed by atoms with E-state index in [1.807, 2.05) is 18.5 Å². The zero-order chi connectivity index (χ0) is 34.7. The van der Waals surface area contributed by atoms with Gasteiger partial charge in [0.25, 0.3) is 0 Å². The summed E-state index contributed by atoms with van der Waals surface area (Å²) in [5.74, 6) is 2.34. The minimum absolute atomic E-state index is 0.00199. The zero-order valence-electron chi connectivity index (χ0n) is 30.4. The summed E-state index contributed by atoms with van der Waals surface area (Å²) in [5.41, 5.74) is 9.57. The summed E-state index contributed by atoms with van der Waals surface area (Å²) in [7, 11) is 2.06. The molecule has 0 aliphatic heterocycles. The fourth-order valence-electron chi connectivity index (χ4n) is 8.05. The van der Waals surface area contributed by atoms with Gasteiger partial charge in [0, 0.05) is 29.1 Å². The fourth-order valence-corrected chi connectivity index (χ4v) is 8.05. The zero-order valence-corrected chi connectivity index (χ0v) is 30.4. The molecule has 0 saturated heterocycles. The van der Waals surface area contributed by atoms with Gasteiger partial charge >= 0.3 is 0 Å². The minimum Gasteiger partial charge on any atom is -0.456 e. The molecule has 0 N–H and O–H groups in total. The highest BCUT2D eigenvalue weighted by atomic mass is 16.5. The lowest BCUT2D eigenvalue weighted by Gasteiger charge is -2.44. The number of rotatable bonds is 4. The van der Waals surface area contributed by atoms with E-state index in [4.69, 9.17) is 9.72 Å². The van der Waals surface area contributed by atoms with Crippen molar-refractivity contribution in [2.75, 3.05) is 0 Å². The summed E-state index contributed by atoms with van der Waals surface area (Å²) in [6.45, 7) is 21.2. The smallest absolute Gasteiger partial charge is 0.249 e. The van der Waals surface area contributed by atoms with Gasteiger partial charge in [-0.15, -0.1) is 0 Å². The summed E-state index contributed by atoms with van der Waals surface area (Å²) < 4.78 is 13.2. The molecule has 0 atom stereocenters. The number of benzene rings is 3. The lowest BCUT2D eigenvalue weighted by Crippen LogP contribution is -2.42. The van der Waals surface area contributed by atoms with E-state index in [9.17, 15) is 0 Å². The fraction of sp³-hybridized carbons (Fsp3) is 0.326. The van der Waals surface area contributed by atoms with Crippen LogP contribution in [0.2, 0.25) is 0 Å². The van der Waals surface area contributed by atoms with Gasteiger partial charge in [-0.3, -0.25) is 9.55 Å². The maximum Gasteiger partial charge on any atom is 0.249 e. The first-order valence-corrected chi connectivity index (χ1v) is 17.3. The van der Waals surface area contributed by atoms with Gasteiger partial charge in [-0.05, 0) is 86.9 Å². The molecule has 3 aromatic carbocycles. The lowest BCUT2D eigenvalue weighted by atomic mass is 9.59. The standard InChI is InChI=1S/C43H46N5O/c1-40(2,3)27-17-18-45-39(19-27)48-37-21-29(49-30-20-28(24-44-25-30)47-26-46(10)35-13-11-12-14-36(35)47)15-16-31(37)32-22-33-34(23-38(32)48)42(6,7)43(8,9)41(33,4)5/h11-26H,1-10H3/q+1. The predicted octanol–water partition coefficient (Wildman–Crippen LogP) is 10.0. The van der Waals surface area contributed by atoms with E-state index < -0.39 is 0 Å². The second-order valence-electron chi connectivity index (χ2n) is 16.5. The SMILES string of the molecule is C[n+]1cn(-c2cncc(Oc3ccc4c5cc6c(cc5n(-c5cc(C(C)(C)C)ccn5)c4c3)C(C)(C)C(C)(C)C6(C)C)c2)c2ccccc21. The highest BCUT2D eigenvalue weighted by Crippen LogP contribution is 2.62. The highest BCUT2D eigenvalue weighted by Gasteiger charge is 2.57. The van der Waals surface area contributed by atoms with Gasteiger partial charge in [-0.2, -0.15) is 4.57 Å². The van der Waals surface area contributed by atoms with Crippen LogP contribution >= 0.6 is 0 Å². The quantitative estimate of drug-likeness (QED) is 0.179. The third-order valence-electron chi connectivity index (χ3n) is 12.2. The molecule has 1 aliphatic rings. The van der Waals surface area contributed by atoms with Crippen LogP contribution in [0.4, 0.5) is 0 Å². The minimum atomic E-state index is -0.0175. The molecule has 0 saturated carbocycles. The second-order valence-corrected chi connectivity index (χ2v) is 16.5. The van der Waals surface area contributed by atoms with Crippen LogP contribution < -0.4 is 9.30 Å². The van der Waals surface area contributed by atoms with Gasteiger partial charge in [0.05, 0.1) is 30.5 Å². The maximum absolute atomic E-state index is 6.59. The Hall–Kier alpha value is -4.97. The van der Waals surface area contributed by atoms with Crippen LogP contribution in [-0.4, -0.2) is 19.1 Å². The molecule has 0 amide bonds. The van der Waals surface area contributed by atoms with Crippen molar-refractivity contribution < 1.29 is 9.30 Å². The van der Waals surface area contributed by atoms with Gasteiger partial charge in [0.15, 0.2) is 16.7 Å². The van der Waals surface area contributed by atoms with Crippen LogP contribution in [0.15, 0.2) is 97.7 Å². The number of aromatic nitrogens is 5. The Kier molecular flexibility index (Phi) is 6.56. The Morgan fingerprint density at radius 1 is 0.714 bits per heavy atom. The van der Waals surface area contributed by atoms with Gasteiger partial charge < -0.3 is 4.74 Å². The topological polar surface area (TPSA) is 48.8 Å². The monoisotopic (exact) mass is 648 g/mol. The Balaban J connectivity index is 1.31. The third-order valence-corrected chi connectivity index (χ3v) is 12.2. The van der Waals surface area contributed by atoms with E-state index >= 15 is 0 Å². The first-order valence-electron chi connectivity index (χ1n) is 17.3. The van der Waals surface area contributed by atoms with Crippen LogP contribution in [0, 0.1) is 5.41 Å². The average Bonchev–Trinajstić information content (AvgIpc) is 3.60. The summed E-state index contributed by atoms with van der Waals surface area (Å²) in [4.78, 5) is 9.55. The molecule has 1 aliphatic carbocycles. The van der Waals surface area contributed by atoms with Crippen LogP contribution in [0.1, 0.15) is 79.0 Å². The molecule has 7 aromatic rings. The summed E-state index contributed by atoms with van der Waals surface area (Å²) in [5, 5.41) is 2.42. The van der Waals surface area contributed by atoms with Crippen molar-refractivity contribution in [2.45, 2.75) is 78.6 Å². The van der Waals surface area contributed by atoms with Crippen molar-refractivity contribution in [1.82, 2.24) is 19.1 Å². The Bertz CT molecular complexity index is 2450. The lowest BCUT2D eigenvalue weighted by molar-refractivity contribution is -0.645. The molecule has 0 radical (unpaired) electrons. The summed E-state index contributed by atoms with van der Waals surface area (Å²) in [6.07, 6.45) is 7.67. The van der Waals surface area contributed by atoms with Crippen molar-refractivity contribution in [1.29, 1.82) is 0 Å². The van der Waals surface area contributed by atoms with E-state index in [-0.39, 0.29) is 21.7 Å². The van der Waals surface area contributed by atoms with E-state index in [0.29, 0.717) is 5.75 Å². The third kappa shape index (κ3) is 4.49. The van der Waals surface area contributed by atoms with E-state index in [2.05, 4.69) is 161 Å². The second kappa shape index (κ2) is 10.3. The van der Waals surface area contributed by atoms with Crippen LogP contribution in [0.3, 0.4) is 0 Å². The van der Waals surface area contributed by atoms with Crippen molar-refractivity contribution in [2.24, 2.45) is 12.5 Å². The van der Waals surface area contributed by atoms with Crippen LogP contribution in [0.25, 0.3) is 44.3 Å². The predicted molar refractivity (Wildman–Crippen MR) is 199 cm³/mol. The van der Waals surface area contributed by atoms with Gasteiger partial charge in [0.1, 0.15) is 17.3 Å². The Morgan fingerprint density at radius 3 is 2.18 bits per heavy atom. The first kappa shape index (κ1) is 31.3. The number of hydrogen-bond donors (Lipinski definition) is 0. The molecule has 4 heterocycles. The molecule has 8 rings (SSSR count). The van der Waals surface area contributed by atoms with Gasteiger partial charge in [0.2, 0.25) is 6.33 Å². The van der Waals surface area contributed by atoms with E-state index in [1.54, 1.807) is 6.20 Å². The highest BCUT2D eigenvalue weighted by molar-refractivity contribution is 6.10. The number of pyridine rings is 2. The number of hydrogen-bond acceptors (Lipinski definition) is 3. The number of para-hydroxylation sites is 2. The molecule has 0 spiro atoms. The van der Waals surface area contributed by atoms with Crippen molar-refractivity contribution in [3.05, 3.63) is 114 Å². The van der Waals surface area contributed by atoms with E-state index in [1.165, 1.54) is 33.0 Å². The molecule has 0 unspecified atom stereocenters. The summed E-state index contributed by atoms with van der Waals surface area (Å²) >= 11 is 0. The average molecular weight is 649 g/mol. The van der Waals surface area contributed by atoms with Crippen molar-refractivity contribution in [3.63, 3.8) is 0 Å². The number of ether oxygens (including phenoxy) is 1. The normalized spacial score (nSPS) is 16.4. The molecule has 4 aromatic heterocycles. The van der Waals surface area contributed by atoms with Gasteiger partial charge in [-0.25, -0.2) is 9.55 Å². The van der Waals surface area contributed by atoms with Crippen molar-refractivity contribution in [3.8, 4) is 23.0 Å². The number of aryl methyl sites for hydroxylation is 1. The Labute approximate surface area is 289 Å².